The van der Waals surface area contributed by atoms with Gasteiger partial charge in [0, 0.05) is 0 Å². The van der Waals surface area contributed by atoms with Crippen LogP contribution in [-0.4, -0.2) is 20.7 Å². The predicted octanol–water partition coefficient (Wildman–Crippen LogP) is -0.815. The van der Waals surface area contributed by atoms with Gasteiger partial charge in [0.1, 0.15) is 19.2 Å². The molecule has 0 spiro atoms. The number of aromatic nitrogens is 3. The molecule has 0 saturated carbocycles. The number of hydrogen-bond acceptors (Lipinski definition) is 3. The average molecular weight is 163 g/mol. The molecule has 0 bridgehead atoms. The fraction of sp³-hybridized carbons (Fsp3) is 0.250. The number of primary amides is 1. The minimum atomic E-state index is -0.416. The highest BCUT2D eigenvalue weighted by molar-refractivity contribution is 5.85. The molecule has 1 aromatic rings. The fourth-order valence-electron chi connectivity index (χ4n) is 0.474. The Morgan fingerprint density at radius 3 is 2.80 bits per heavy atom. The van der Waals surface area contributed by atoms with Crippen molar-refractivity contribution in [3.63, 3.8) is 0 Å². The molecule has 1 aromatic heterocycles. The van der Waals surface area contributed by atoms with Gasteiger partial charge in [0.25, 0.3) is 0 Å². The molecule has 0 aliphatic carbocycles. The zero-order valence-electron chi connectivity index (χ0n) is 5.10. The molecule has 1 heterocycles. The van der Waals surface area contributed by atoms with Crippen LogP contribution in [0, 0.1) is 0 Å². The van der Waals surface area contributed by atoms with Gasteiger partial charge in [-0.1, -0.05) is 0 Å². The maximum absolute atomic E-state index is 10.2. The summed E-state index contributed by atoms with van der Waals surface area (Å²) in [4.78, 5) is 13.8. The van der Waals surface area contributed by atoms with Crippen LogP contribution in [0.3, 0.4) is 0 Å². The quantitative estimate of drug-likeness (QED) is 0.618. The second-order valence-electron chi connectivity index (χ2n) is 1.56. The molecule has 0 fully saturated rings. The normalized spacial score (nSPS) is 8.40. The lowest BCUT2D eigenvalue weighted by Crippen LogP contribution is -2.18. The molecule has 56 valence electrons. The summed E-state index contributed by atoms with van der Waals surface area (Å²) in [6.45, 7) is 0.0972. The summed E-state index contributed by atoms with van der Waals surface area (Å²) in [7, 11) is 0. The molecular weight excluding hydrogens is 156 g/mol. The van der Waals surface area contributed by atoms with Crippen LogP contribution < -0.4 is 5.73 Å². The smallest absolute Gasteiger partial charge is 0.239 e. The van der Waals surface area contributed by atoms with Gasteiger partial charge in [-0.15, -0.1) is 12.4 Å². The van der Waals surface area contributed by atoms with Gasteiger partial charge >= 0.3 is 0 Å². The second-order valence-corrected chi connectivity index (χ2v) is 1.56. The Morgan fingerprint density at radius 1 is 1.70 bits per heavy atom. The van der Waals surface area contributed by atoms with E-state index in [1.165, 1.54) is 17.3 Å². The third-order valence-electron chi connectivity index (χ3n) is 0.784. The standard InChI is InChI=1S/C4H6N4O.ClH/c5-4(9)1-8-3-6-2-7-8;/h2-3H,1H2,(H2,5,9);1H. The third kappa shape index (κ3) is 2.45. The summed E-state index contributed by atoms with van der Waals surface area (Å²) in [5.74, 6) is -0.416. The Morgan fingerprint density at radius 2 is 2.40 bits per heavy atom. The van der Waals surface area contributed by atoms with Gasteiger partial charge in [0.05, 0.1) is 0 Å². The number of halogens is 1. The molecule has 0 radical (unpaired) electrons. The number of nitrogens with two attached hydrogens (primary N) is 1. The lowest BCUT2D eigenvalue weighted by molar-refractivity contribution is -0.118. The SMILES string of the molecule is Cl.NC(=O)Cn1cncn1. The van der Waals surface area contributed by atoms with E-state index >= 15 is 0 Å². The van der Waals surface area contributed by atoms with Crippen LogP contribution in [0.1, 0.15) is 0 Å². The molecule has 0 unspecified atom stereocenters. The summed E-state index contributed by atoms with van der Waals surface area (Å²) < 4.78 is 1.36. The number of carbonyl (C=O) groups is 1. The van der Waals surface area contributed by atoms with Crippen molar-refractivity contribution in [2.75, 3.05) is 0 Å². The highest BCUT2D eigenvalue weighted by atomic mass is 35.5. The van der Waals surface area contributed by atoms with E-state index in [0.717, 1.165) is 0 Å². The molecule has 6 heteroatoms. The van der Waals surface area contributed by atoms with Crippen LogP contribution in [0.15, 0.2) is 12.7 Å². The van der Waals surface area contributed by atoms with Crippen molar-refractivity contribution in [1.82, 2.24) is 14.8 Å². The third-order valence-corrected chi connectivity index (χ3v) is 0.784. The Hall–Kier alpha value is -1.10. The first kappa shape index (κ1) is 8.90. The Kier molecular flexibility index (Phi) is 3.42. The lowest BCUT2D eigenvalue weighted by Gasteiger charge is -1.91. The van der Waals surface area contributed by atoms with Gasteiger partial charge in [-0.05, 0) is 0 Å². The van der Waals surface area contributed by atoms with Crippen molar-refractivity contribution in [2.45, 2.75) is 6.54 Å². The molecule has 2 N–H and O–H groups in total. The van der Waals surface area contributed by atoms with E-state index in [1.807, 2.05) is 0 Å². The van der Waals surface area contributed by atoms with Crippen molar-refractivity contribution in [2.24, 2.45) is 5.73 Å². The molecule has 0 aliphatic rings. The van der Waals surface area contributed by atoms with E-state index in [2.05, 4.69) is 10.1 Å². The molecule has 5 nitrogen and oxygen atoms in total. The van der Waals surface area contributed by atoms with E-state index in [-0.39, 0.29) is 19.0 Å². The zero-order chi connectivity index (χ0) is 6.69. The Bertz CT molecular complexity index is 197. The molecule has 1 rings (SSSR count). The van der Waals surface area contributed by atoms with E-state index < -0.39 is 5.91 Å². The van der Waals surface area contributed by atoms with Crippen LogP contribution in [0.4, 0.5) is 0 Å². The van der Waals surface area contributed by atoms with Gasteiger partial charge in [0.2, 0.25) is 5.91 Å². The van der Waals surface area contributed by atoms with E-state index in [0.29, 0.717) is 0 Å². The maximum Gasteiger partial charge on any atom is 0.239 e. The number of nitrogens with zero attached hydrogens (tertiary/aromatic N) is 3. The summed E-state index contributed by atoms with van der Waals surface area (Å²) in [6.07, 6.45) is 2.79. The number of hydrogen-bond donors (Lipinski definition) is 1. The number of carbonyl (C=O) groups excluding carboxylic acids is 1. The molecule has 1 amide bonds. The van der Waals surface area contributed by atoms with Crippen molar-refractivity contribution in [1.29, 1.82) is 0 Å². The summed E-state index contributed by atoms with van der Waals surface area (Å²) >= 11 is 0. The van der Waals surface area contributed by atoms with Gasteiger partial charge in [-0.25, -0.2) is 9.67 Å². The first-order valence-electron chi connectivity index (χ1n) is 2.40. The largest absolute Gasteiger partial charge is 0.368 e. The lowest BCUT2D eigenvalue weighted by atomic mass is 10.6. The minimum Gasteiger partial charge on any atom is -0.368 e. The Labute approximate surface area is 63.6 Å². The highest BCUT2D eigenvalue weighted by Crippen LogP contribution is 1.76. The molecule has 0 aromatic carbocycles. The summed E-state index contributed by atoms with van der Waals surface area (Å²) in [6, 6.07) is 0. The molecule has 0 saturated heterocycles. The topological polar surface area (TPSA) is 73.8 Å². The highest BCUT2D eigenvalue weighted by Gasteiger charge is 1.93. The van der Waals surface area contributed by atoms with Crippen LogP contribution in [-0.2, 0) is 11.3 Å². The van der Waals surface area contributed by atoms with Crippen LogP contribution in [0.25, 0.3) is 0 Å². The molecular formula is C4H7ClN4O. The second kappa shape index (κ2) is 3.84. The number of rotatable bonds is 2. The monoisotopic (exact) mass is 162 g/mol. The molecule has 0 atom stereocenters. The molecule has 0 aliphatic heterocycles. The van der Waals surface area contributed by atoms with Gasteiger partial charge in [-0.3, -0.25) is 4.79 Å². The van der Waals surface area contributed by atoms with E-state index in [4.69, 9.17) is 5.73 Å². The first-order valence-corrected chi connectivity index (χ1v) is 2.40. The summed E-state index contributed by atoms with van der Waals surface area (Å²) in [5, 5.41) is 3.66. The van der Waals surface area contributed by atoms with Gasteiger partial charge < -0.3 is 5.73 Å². The predicted molar refractivity (Wildman–Crippen MR) is 36.5 cm³/mol. The van der Waals surface area contributed by atoms with Crippen molar-refractivity contribution in [3.8, 4) is 0 Å². The van der Waals surface area contributed by atoms with Crippen molar-refractivity contribution in [3.05, 3.63) is 12.7 Å². The van der Waals surface area contributed by atoms with Crippen molar-refractivity contribution >= 4 is 18.3 Å². The maximum atomic E-state index is 10.2. The van der Waals surface area contributed by atoms with E-state index in [1.54, 1.807) is 0 Å². The average Bonchev–Trinajstić information content (AvgIpc) is 2.15. The first-order chi connectivity index (χ1) is 4.29. The summed E-state index contributed by atoms with van der Waals surface area (Å²) in [5.41, 5.74) is 4.86. The fourth-order valence-corrected chi connectivity index (χ4v) is 0.474. The Balaban J connectivity index is 0.000000810. The van der Waals surface area contributed by atoms with Gasteiger partial charge in [0.15, 0.2) is 0 Å². The van der Waals surface area contributed by atoms with Crippen LogP contribution in [0.5, 0.6) is 0 Å². The zero-order valence-corrected chi connectivity index (χ0v) is 5.91. The van der Waals surface area contributed by atoms with Gasteiger partial charge in [-0.2, -0.15) is 5.10 Å². The van der Waals surface area contributed by atoms with Crippen LogP contribution in [0.2, 0.25) is 0 Å². The molecule has 10 heavy (non-hydrogen) atoms. The van der Waals surface area contributed by atoms with Crippen molar-refractivity contribution < 1.29 is 4.79 Å². The number of amides is 1. The van der Waals surface area contributed by atoms with E-state index in [9.17, 15) is 4.79 Å². The van der Waals surface area contributed by atoms with Crippen LogP contribution >= 0.6 is 12.4 Å². The minimum absolute atomic E-state index is 0.